The standard InChI is InChI=1S/C15H16F2N2O/c16-15(17)20-14-9-5-4-8-12(14)13(19-18)10-11-6-2-1-3-7-11/h1-9,13,15,19H,10,18H2. The maximum Gasteiger partial charge on any atom is 0.387 e. The third-order valence-electron chi connectivity index (χ3n) is 2.99. The number of hydrogen-bond donors (Lipinski definition) is 2. The first kappa shape index (κ1) is 14.4. The van der Waals surface area contributed by atoms with Gasteiger partial charge in [-0.15, -0.1) is 0 Å². The summed E-state index contributed by atoms with van der Waals surface area (Å²) < 4.78 is 29.4. The van der Waals surface area contributed by atoms with Crippen molar-refractivity contribution in [3.05, 3.63) is 65.7 Å². The van der Waals surface area contributed by atoms with Gasteiger partial charge in [-0.3, -0.25) is 11.3 Å². The van der Waals surface area contributed by atoms with Crippen LogP contribution in [0.4, 0.5) is 8.78 Å². The molecular weight excluding hydrogens is 262 g/mol. The van der Waals surface area contributed by atoms with E-state index in [2.05, 4.69) is 10.2 Å². The maximum atomic E-state index is 12.4. The molecule has 0 spiro atoms. The molecule has 0 aliphatic carbocycles. The summed E-state index contributed by atoms with van der Waals surface area (Å²) >= 11 is 0. The maximum absolute atomic E-state index is 12.4. The van der Waals surface area contributed by atoms with Gasteiger partial charge in [-0.1, -0.05) is 48.5 Å². The topological polar surface area (TPSA) is 47.3 Å². The van der Waals surface area contributed by atoms with E-state index in [4.69, 9.17) is 5.84 Å². The van der Waals surface area contributed by atoms with E-state index in [-0.39, 0.29) is 11.8 Å². The number of halogens is 2. The molecule has 106 valence electrons. The molecule has 1 unspecified atom stereocenters. The van der Waals surface area contributed by atoms with E-state index in [0.29, 0.717) is 12.0 Å². The van der Waals surface area contributed by atoms with Crippen molar-refractivity contribution in [2.45, 2.75) is 19.1 Å². The molecule has 0 aliphatic rings. The number of hydrazine groups is 1. The van der Waals surface area contributed by atoms with Crippen LogP contribution in [-0.4, -0.2) is 6.61 Å². The van der Waals surface area contributed by atoms with Crippen LogP contribution in [0.5, 0.6) is 5.75 Å². The SMILES string of the molecule is NNC(Cc1ccccc1)c1ccccc1OC(F)F. The van der Waals surface area contributed by atoms with Gasteiger partial charge in [-0.2, -0.15) is 8.78 Å². The summed E-state index contributed by atoms with van der Waals surface area (Å²) in [6.07, 6.45) is 0.584. The monoisotopic (exact) mass is 278 g/mol. The summed E-state index contributed by atoms with van der Waals surface area (Å²) in [4.78, 5) is 0. The Bertz CT molecular complexity index is 534. The van der Waals surface area contributed by atoms with Gasteiger partial charge in [0.15, 0.2) is 0 Å². The quantitative estimate of drug-likeness (QED) is 0.630. The summed E-state index contributed by atoms with van der Waals surface area (Å²) in [5, 5.41) is 0. The van der Waals surface area contributed by atoms with Gasteiger partial charge < -0.3 is 4.74 Å². The third kappa shape index (κ3) is 3.76. The number of para-hydroxylation sites is 1. The molecule has 2 aromatic carbocycles. The zero-order chi connectivity index (χ0) is 14.4. The molecule has 2 aromatic rings. The average Bonchev–Trinajstić information content (AvgIpc) is 2.46. The first-order chi connectivity index (χ1) is 9.70. The van der Waals surface area contributed by atoms with Gasteiger partial charge in [-0.05, 0) is 18.1 Å². The van der Waals surface area contributed by atoms with Gasteiger partial charge >= 0.3 is 6.61 Å². The summed E-state index contributed by atoms with van der Waals surface area (Å²) in [5.74, 6) is 5.70. The van der Waals surface area contributed by atoms with Crippen molar-refractivity contribution in [1.29, 1.82) is 0 Å². The molecule has 0 amide bonds. The fraction of sp³-hybridized carbons (Fsp3) is 0.200. The predicted octanol–water partition coefficient (Wildman–Crippen LogP) is 3.04. The second kappa shape index (κ2) is 6.98. The minimum Gasteiger partial charge on any atom is -0.434 e. The Labute approximate surface area is 116 Å². The van der Waals surface area contributed by atoms with E-state index < -0.39 is 6.61 Å². The van der Waals surface area contributed by atoms with E-state index >= 15 is 0 Å². The van der Waals surface area contributed by atoms with Crippen LogP contribution in [0.3, 0.4) is 0 Å². The van der Waals surface area contributed by atoms with Gasteiger partial charge in [0.25, 0.3) is 0 Å². The molecule has 0 aliphatic heterocycles. The van der Waals surface area contributed by atoms with Crippen LogP contribution in [-0.2, 0) is 6.42 Å². The molecule has 0 saturated carbocycles. The van der Waals surface area contributed by atoms with E-state index in [1.54, 1.807) is 18.2 Å². The van der Waals surface area contributed by atoms with Gasteiger partial charge in [0, 0.05) is 5.56 Å². The Kier molecular flexibility index (Phi) is 5.03. The Morgan fingerprint density at radius 1 is 1.00 bits per heavy atom. The molecule has 1 atom stereocenters. The lowest BCUT2D eigenvalue weighted by Gasteiger charge is -2.19. The van der Waals surface area contributed by atoms with Crippen LogP contribution in [0.15, 0.2) is 54.6 Å². The number of nitrogens with two attached hydrogens (primary N) is 1. The Balaban J connectivity index is 2.23. The number of ether oxygens (including phenoxy) is 1. The van der Waals surface area contributed by atoms with E-state index in [9.17, 15) is 8.78 Å². The second-order valence-electron chi connectivity index (χ2n) is 4.33. The minimum absolute atomic E-state index is 0.140. The molecule has 3 N–H and O–H groups in total. The summed E-state index contributed by atoms with van der Waals surface area (Å²) in [5.41, 5.74) is 4.32. The zero-order valence-corrected chi connectivity index (χ0v) is 10.8. The molecule has 5 heteroatoms. The first-order valence-corrected chi connectivity index (χ1v) is 6.24. The van der Waals surface area contributed by atoms with Crippen LogP contribution < -0.4 is 16.0 Å². The molecule has 0 bridgehead atoms. The molecule has 0 saturated heterocycles. The number of alkyl halides is 2. The summed E-state index contributed by atoms with van der Waals surface area (Å²) in [7, 11) is 0. The van der Waals surface area contributed by atoms with Gasteiger partial charge in [0.05, 0.1) is 6.04 Å². The van der Waals surface area contributed by atoms with Crippen molar-refractivity contribution < 1.29 is 13.5 Å². The van der Waals surface area contributed by atoms with Gasteiger partial charge in [0.1, 0.15) is 5.75 Å². The zero-order valence-electron chi connectivity index (χ0n) is 10.8. The lowest BCUT2D eigenvalue weighted by molar-refractivity contribution is -0.0507. The van der Waals surface area contributed by atoms with Crippen LogP contribution >= 0.6 is 0 Å². The molecule has 0 aromatic heterocycles. The Morgan fingerprint density at radius 2 is 1.65 bits per heavy atom. The van der Waals surface area contributed by atoms with E-state index in [0.717, 1.165) is 5.56 Å². The van der Waals surface area contributed by atoms with Crippen molar-refractivity contribution >= 4 is 0 Å². The summed E-state index contributed by atoms with van der Waals surface area (Å²) in [6, 6.07) is 16.0. The van der Waals surface area contributed by atoms with Crippen molar-refractivity contribution in [2.75, 3.05) is 0 Å². The normalized spacial score (nSPS) is 12.4. The smallest absolute Gasteiger partial charge is 0.387 e. The van der Waals surface area contributed by atoms with Crippen molar-refractivity contribution in [2.24, 2.45) is 5.84 Å². The highest BCUT2D eigenvalue weighted by molar-refractivity contribution is 5.37. The van der Waals surface area contributed by atoms with Crippen molar-refractivity contribution in [3.63, 3.8) is 0 Å². The molecular formula is C15H16F2N2O. The number of benzene rings is 2. The minimum atomic E-state index is -2.86. The molecule has 0 fully saturated rings. The third-order valence-corrected chi connectivity index (χ3v) is 2.99. The molecule has 20 heavy (non-hydrogen) atoms. The van der Waals surface area contributed by atoms with Crippen LogP contribution in [0.1, 0.15) is 17.2 Å². The molecule has 0 radical (unpaired) electrons. The van der Waals surface area contributed by atoms with Gasteiger partial charge in [-0.25, -0.2) is 0 Å². The lowest BCUT2D eigenvalue weighted by Crippen LogP contribution is -2.30. The van der Waals surface area contributed by atoms with E-state index in [1.165, 1.54) is 6.07 Å². The second-order valence-corrected chi connectivity index (χ2v) is 4.33. The number of rotatable bonds is 6. The van der Waals surface area contributed by atoms with Crippen molar-refractivity contribution in [1.82, 2.24) is 5.43 Å². The Hall–Kier alpha value is -1.98. The lowest BCUT2D eigenvalue weighted by atomic mass is 9.98. The Morgan fingerprint density at radius 3 is 2.30 bits per heavy atom. The van der Waals surface area contributed by atoms with Gasteiger partial charge in [0.2, 0.25) is 0 Å². The fourth-order valence-corrected chi connectivity index (χ4v) is 2.08. The van der Waals surface area contributed by atoms with E-state index in [1.807, 2.05) is 30.3 Å². The highest BCUT2D eigenvalue weighted by Gasteiger charge is 2.17. The van der Waals surface area contributed by atoms with Crippen molar-refractivity contribution in [3.8, 4) is 5.75 Å². The summed E-state index contributed by atoms with van der Waals surface area (Å²) in [6.45, 7) is -2.86. The predicted molar refractivity (Wildman–Crippen MR) is 73.3 cm³/mol. The van der Waals surface area contributed by atoms with Crippen LogP contribution in [0, 0.1) is 0 Å². The molecule has 0 heterocycles. The largest absolute Gasteiger partial charge is 0.434 e. The first-order valence-electron chi connectivity index (χ1n) is 6.24. The average molecular weight is 278 g/mol. The van der Waals surface area contributed by atoms with Crippen LogP contribution in [0.25, 0.3) is 0 Å². The highest BCUT2D eigenvalue weighted by atomic mass is 19.3. The fourth-order valence-electron chi connectivity index (χ4n) is 2.08. The van der Waals surface area contributed by atoms with Crippen LogP contribution in [0.2, 0.25) is 0 Å². The molecule has 2 rings (SSSR count). The highest BCUT2D eigenvalue weighted by Crippen LogP contribution is 2.28. The number of hydrogen-bond acceptors (Lipinski definition) is 3. The number of nitrogens with one attached hydrogen (secondary N) is 1. The molecule has 3 nitrogen and oxygen atoms in total.